The molecule has 1 heterocycles. The van der Waals surface area contributed by atoms with Gasteiger partial charge in [0.1, 0.15) is 11.9 Å². The number of nitrogens with one attached hydrogen (secondary N) is 1. The van der Waals surface area contributed by atoms with Crippen LogP contribution in [-0.2, 0) is 0 Å². The Kier molecular flexibility index (Phi) is 5.80. The summed E-state index contributed by atoms with van der Waals surface area (Å²) in [5.41, 5.74) is 0. The van der Waals surface area contributed by atoms with E-state index in [1.165, 1.54) is 19.3 Å². The molecule has 0 amide bonds. The first-order valence-corrected chi connectivity index (χ1v) is 7.78. The number of hydrogen-bond acceptors (Lipinski definition) is 2. The molecule has 1 N–H and O–H groups in total. The highest BCUT2D eigenvalue weighted by Gasteiger charge is 2.26. The molecular weight excluding hydrogens is 281 g/mol. The van der Waals surface area contributed by atoms with Gasteiger partial charge in [-0.05, 0) is 37.6 Å². The number of hydrogen-bond donors (Lipinski definition) is 1. The average molecular weight is 302 g/mol. The van der Waals surface area contributed by atoms with Gasteiger partial charge in [-0.2, -0.15) is 0 Å². The van der Waals surface area contributed by atoms with E-state index in [4.69, 9.17) is 27.9 Å². The molecule has 2 rings (SSSR count). The number of halogens is 2. The van der Waals surface area contributed by atoms with Crippen molar-refractivity contribution in [2.75, 3.05) is 13.1 Å². The van der Waals surface area contributed by atoms with Gasteiger partial charge in [-0.1, -0.05) is 43.0 Å². The number of unbranched alkanes of at least 4 members (excludes halogenated alkanes) is 1. The van der Waals surface area contributed by atoms with E-state index in [0.717, 1.165) is 25.3 Å². The van der Waals surface area contributed by atoms with E-state index in [1.807, 2.05) is 12.1 Å². The summed E-state index contributed by atoms with van der Waals surface area (Å²) in [6.45, 7) is 4.34. The molecule has 2 nitrogen and oxygen atoms in total. The highest BCUT2D eigenvalue weighted by Crippen LogP contribution is 2.28. The van der Waals surface area contributed by atoms with Crippen molar-refractivity contribution < 1.29 is 4.74 Å². The highest BCUT2D eigenvalue weighted by atomic mass is 35.5. The molecule has 1 saturated heterocycles. The maximum Gasteiger partial charge on any atom is 0.122 e. The van der Waals surface area contributed by atoms with Crippen molar-refractivity contribution in [3.8, 4) is 5.75 Å². The van der Waals surface area contributed by atoms with Gasteiger partial charge >= 0.3 is 0 Å². The summed E-state index contributed by atoms with van der Waals surface area (Å²) in [5, 5.41) is 4.66. The zero-order valence-electron chi connectivity index (χ0n) is 11.3. The van der Waals surface area contributed by atoms with Crippen LogP contribution >= 0.6 is 23.2 Å². The van der Waals surface area contributed by atoms with Crippen LogP contribution in [0.2, 0.25) is 10.0 Å². The van der Waals surface area contributed by atoms with E-state index in [9.17, 15) is 0 Å². The van der Waals surface area contributed by atoms with Crippen LogP contribution in [0.3, 0.4) is 0 Å². The molecule has 1 unspecified atom stereocenters. The van der Waals surface area contributed by atoms with E-state index >= 15 is 0 Å². The van der Waals surface area contributed by atoms with Gasteiger partial charge in [0.25, 0.3) is 0 Å². The predicted molar refractivity (Wildman–Crippen MR) is 81.4 cm³/mol. The smallest absolute Gasteiger partial charge is 0.122 e. The van der Waals surface area contributed by atoms with Gasteiger partial charge in [0.05, 0.1) is 0 Å². The Balaban J connectivity index is 2.05. The summed E-state index contributed by atoms with van der Waals surface area (Å²) < 4.78 is 6.15. The number of benzene rings is 1. The summed E-state index contributed by atoms with van der Waals surface area (Å²) in [5.74, 6) is 1.37. The predicted octanol–water partition coefficient (Wildman–Crippen LogP) is 4.54. The fourth-order valence-corrected chi connectivity index (χ4v) is 3.07. The molecule has 106 valence electrons. The summed E-state index contributed by atoms with van der Waals surface area (Å²) in [4.78, 5) is 0. The molecule has 1 aromatic carbocycles. The van der Waals surface area contributed by atoms with Gasteiger partial charge in [0, 0.05) is 22.5 Å². The molecule has 1 fully saturated rings. The third-order valence-corrected chi connectivity index (χ3v) is 4.03. The van der Waals surface area contributed by atoms with Crippen molar-refractivity contribution in [3.63, 3.8) is 0 Å². The third kappa shape index (κ3) is 4.55. The standard InChI is InChI=1S/C15H21Cl2NO/c1-2-3-4-15(11-5-6-18-10-11)19-14-8-12(16)7-13(17)9-14/h7-9,11,15,18H,2-6,10H2,1H3/t11?,15-/m1/s1. The monoisotopic (exact) mass is 301 g/mol. The van der Waals surface area contributed by atoms with Crippen molar-refractivity contribution in [2.24, 2.45) is 5.92 Å². The Labute approximate surface area is 125 Å². The van der Waals surface area contributed by atoms with Crippen LogP contribution in [-0.4, -0.2) is 19.2 Å². The van der Waals surface area contributed by atoms with Gasteiger partial charge in [0.2, 0.25) is 0 Å². The SMILES string of the molecule is CCCC[C@@H](Oc1cc(Cl)cc(Cl)c1)C1CCNC1. The summed E-state index contributed by atoms with van der Waals surface area (Å²) in [6, 6.07) is 5.41. The Bertz CT molecular complexity index is 385. The van der Waals surface area contributed by atoms with Crippen LogP contribution in [0.5, 0.6) is 5.75 Å². The molecule has 0 aromatic heterocycles. The van der Waals surface area contributed by atoms with Crippen LogP contribution in [0.15, 0.2) is 18.2 Å². The van der Waals surface area contributed by atoms with Crippen LogP contribution in [0.4, 0.5) is 0 Å². The van der Waals surface area contributed by atoms with Crippen molar-refractivity contribution in [1.82, 2.24) is 5.32 Å². The molecule has 0 radical (unpaired) electrons. The van der Waals surface area contributed by atoms with E-state index in [2.05, 4.69) is 12.2 Å². The van der Waals surface area contributed by atoms with E-state index < -0.39 is 0 Å². The lowest BCUT2D eigenvalue weighted by Crippen LogP contribution is -2.28. The van der Waals surface area contributed by atoms with Gasteiger partial charge in [-0.15, -0.1) is 0 Å². The maximum atomic E-state index is 6.15. The lowest BCUT2D eigenvalue weighted by molar-refractivity contribution is 0.130. The second-order valence-corrected chi connectivity index (χ2v) is 6.03. The number of ether oxygens (including phenoxy) is 1. The second kappa shape index (κ2) is 7.37. The van der Waals surface area contributed by atoms with Crippen molar-refractivity contribution in [3.05, 3.63) is 28.2 Å². The Hall–Kier alpha value is -0.440. The maximum absolute atomic E-state index is 6.15. The first kappa shape index (κ1) is 15.0. The van der Waals surface area contributed by atoms with Gasteiger partial charge in [-0.25, -0.2) is 0 Å². The molecule has 2 atom stereocenters. The van der Waals surface area contributed by atoms with Crippen LogP contribution in [0.1, 0.15) is 32.6 Å². The largest absolute Gasteiger partial charge is 0.490 e. The van der Waals surface area contributed by atoms with Gasteiger partial charge in [-0.3, -0.25) is 0 Å². The van der Waals surface area contributed by atoms with Crippen molar-refractivity contribution in [2.45, 2.75) is 38.7 Å². The van der Waals surface area contributed by atoms with Crippen LogP contribution in [0.25, 0.3) is 0 Å². The molecule has 1 aromatic rings. The van der Waals surface area contributed by atoms with Gasteiger partial charge < -0.3 is 10.1 Å². The molecule has 4 heteroatoms. The molecule has 0 aliphatic carbocycles. The lowest BCUT2D eigenvalue weighted by Gasteiger charge is -2.24. The molecule has 1 aliphatic rings. The topological polar surface area (TPSA) is 21.3 Å². The fourth-order valence-electron chi connectivity index (χ4n) is 2.56. The first-order chi connectivity index (χ1) is 9.19. The van der Waals surface area contributed by atoms with Crippen LogP contribution < -0.4 is 10.1 Å². The van der Waals surface area contributed by atoms with E-state index in [1.54, 1.807) is 6.07 Å². The average Bonchev–Trinajstić information content (AvgIpc) is 2.87. The molecule has 0 spiro atoms. The Morgan fingerprint density at radius 3 is 2.63 bits per heavy atom. The summed E-state index contributed by atoms with van der Waals surface area (Å²) in [7, 11) is 0. The number of rotatable bonds is 6. The zero-order chi connectivity index (χ0) is 13.7. The molecule has 1 aliphatic heterocycles. The fraction of sp³-hybridized carbons (Fsp3) is 0.600. The normalized spacial score (nSPS) is 20.5. The third-order valence-electron chi connectivity index (χ3n) is 3.59. The van der Waals surface area contributed by atoms with E-state index in [-0.39, 0.29) is 6.10 Å². The minimum Gasteiger partial charge on any atom is -0.490 e. The molecule has 0 saturated carbocycles. The first-order valence-electron chi connectivity index (χ1n) is 7.02. The Morgan fingerprint density at radius 1 is 1.32 bits per heavy atom. The summed E-state index contributed by atoms with van der Waals surface area (Å²) in [6.07, 6.45) is 4.91. The minimum absolute atomic E-state index is 0.254. The van der Waals surface area contributed by atoms with Gasteiger partial charge in [0.15, 0.2) is 0 Å². The van der Waals surface area contributed by atoms with Crippen molar-refractivity contribution in [1.29, 1.82) is 0 Å². The highest BCUT2D eigenvalue weighted by molar-refractivity contribution is 6.34. The van der Waals surface area contributed by atoms with Crippen LogP contribution in [0, 0.1) is 5.92 Å². The van der Waals surface area contributed by atoms with Crippen molar-refractivity contribution >= 4 is 23.2 Å². The van der Waals surface area contributed by atoms with E-state index in [0.29, 0.717) is 16.0 Å². The Morgan fingerprint density at radius 2 is 2.05 bits per heavy atom. The quantitative estimate of drug-likeness (QED) is 0.833. The molecule has 19 heavy (non-hydrogen) atoms. The minimum atomic E-state index is 0.254. The molecule has 0 bridgehead atoms. The zero-order valence-corrected chi connectivity index (χ0v) is 12.8. The molecular formula is C15H21Cl2NO. The second-order valence-electron chi connectivity index (χ2n) is 5.16. The summed E-state index contributed by atoms with van der Waals surface area (Å²) >= 11 is 12.0. The lowest BCUT2D eigenvalue weighted by atomic mass is 9.97.